The van der Waals surface area contributed by atoms with Crippen LogP contribution < -0.4 is 10.0 Å². The normalized spacial score (nSPS) is 11.4. The maximum atomic E-state index is 12.4. The average molecular weight is 414 g/mol. The van der Waals surface area contributed by atoms with Crippen LogP contribution in [0.4, 0.5) is 5.82 Å². The van der Waals surface area contributed by atoms with E-state index in [1.54, 1.807) is 42.2 Å². The van der Waals surface area contributed by atoms with Crippen LogP contribution in [0.1, 0.15) is 23.2 Å². The summed E-state index contributed by atoms with van der Waals surface area (Å²) in [6, 6.07) is 12.4. The minimum atomic E-state index is -3.66. The summed E-state index contributed by atoms with van der Waals surface area (Å²) < 4.78 is 29.0. The molecule has 2 N–H and O–H groups in total. The van der Waals surface area contributed by atoms with Gasteiger partial charge in [-0.2, -0.15) is 5.10 Å². The molecule has 29 heavy (non-hydrogen) atoms. The van der Waals surface area contributed by atoms with Crippen molar-refractivity contribution in [3.8, 4) is 0 Å². The first kappa shape index (κ1) is 20.7. The highest BCUT2D eigenvalue weighted by molar-refractivity contribution is 7.89. The van der Waals surface area contributed by atoms with E-state index >= 15 is 0 Å². The number of benzene rings is 1. The lowest BCUT2D eigenvalue weighted by molar-refractivity contribution is -0.116. The van der Waals surface area contributed by atoms with Crippen molar-refractivity contribution < 1.29 is 13.2 Å². The van der Waals surface area contributed by atoms with E-state index in [-0.39, 0.29) is 23.8 Å². The van der Waals surface area contributed by atoms with Gasteiger partial charge in [0, 0.05) is 31.4 Å². The molecule has 0 saturated carbocycles. The van der Waals surface area contributed by atoms with E-state index in [9.17, 15) is 13.2 Å². The topological polar surface area (TPSA) is 106 Å². The molecule has 8 nitrogen and oxygen atoms in total. The van der Waals surface area contributed by atoms with Crippen LogP contribution in [0.2, 0.25) is 0 Å². The van der Waals surface area contributed by atoms with E-state index in [1.807, 2.05) is 31.2 Å². The van der Waals surface area contributed by atoms with Crippen LogP contribution in [-0.2, 0) is 21.4 Å². The third-order valence-corrected chi connectivity index (χ3v) is 5.84. The summed E-state index contributed by atoms with van der Waals surface area (Å²) in [5.74, 6) is 0.0829. The molecule has 3 rings (SSSR count). The third kappa shape index (κ3) is 5.72. The third-order valence-electron chi connectivity index (χ3n) is 4.22. The lowest BCUT2D eigenvalue weighted by atomic mass is 10.2. The largest absolute Gasteiger partial charge is 0.309 e. The first-order chi connectivity index (χ1) is 13.8. The fourth-order valence-corrected chi connectivity index (χ4v) is 4.11. The minimum absolute atomic E-state index is 0.00274. The van der Waals surface area contributed by atoms with Crippen molar-refractivity contribution in [3.63, 3.8) is 0 Å². The van der Waals surface area contributed by atoms with Gasteiger partial charge in [-0.15, -0.1) is 0 Å². The quantitative estimate of drug-likeness (QED) is 0.589. The minimum Gasteiger partial charge on any atom is -0.309 e. The zero-order valence-corrected chi connectivity index (χ0v) is 17.1. The number of aromatic nitrogens is 3. The van der Waals surface area contributed by atoms with Gasteiger partial charge in [0.25, 0.3) is 0 Å². The van der Waals surface area contributed by atoms with Gasteiger partial charge >= 0.3 is 0 Å². The fourth-order valence-electron chi connectivity index (χ4n) is 2.86. The molecule has 1 aromatic carbocycles. The predicted molar refractivity (Wildman–Crippen MR) is 110 cm³/mol. The Balaban J connectivity index is 1.50. The summed E-state index contributed by atoms with van der Waals surface area (Å²) in [4.78, 5) is 16.6. The molecule has 0 atom stereocenters. The Bertz CT molecular complexity index is 1090. The number of pyridine rings is 1. The number of aryl methyl sites for hydroxylation is 2. The molecule has 2 heterocycles. The Labute approximate surface area is 170 Å². The van der Waals surface area contributed by atoms with Crippen LogP contribution in [0, 0.1) is 13.8 Å². The SMILES string of the molecule is Cc1ccc(S(=O)(=O)NCCC(=O)Nc2ccn(Cc3ccccn3)n2)c(C)c1. The zero-order chi connectivity index (χ0) is 20.9. The van der Waals surface area contributed by atoms with Crippen molar-refractivity contribution >= 4 is 21.7 Å². The lowest BCUT2D eigenvalue weighted by Crippen LogP contribution is -2.28. The van der Waals surface area contributed by atoms with Crippen molar-refractivity contribution in [2.75, 3.05) is 11.9 Å². The van der Waals surface area contributed by atoms with Crippen molar-refractivity contribution in [3.05, 3.63) is 71.7 Å². The Hall–Kier alpha value is -3.04. The van der Waals surface area contributed by atoms with Crippen LogP contribution in [-0.4, -0.2) is 35.6 Å². The number of hydrogen-bond acceptors (Lipinski definition) is 5. The van der Waals surface area contributed by atoms with Gasteiger partial charge in [-0.1, -0.05) is 23.8 Å². The molecule has 0 saturated heterocycles. The molecule has 0 aliphatic rings. The highest BCUT2D eigenvalue weighted by Crippen LogP contribution is 2.16. The summed E-state index contributed by atoms with van der Waals surface area (Å²) in [6.07, 6.45) is 3.45. The highest BCUT2D eigenvalue weighted by Gasteiger charge is 2.17. The van der Waals surface area contributed by atoms with E-state index in [1.165, 1.54) is 0 Å². The summed E-state index contributed by atoms with van der Waals surface area (Å²) in [7, 11) is -3.66. The van der Waals surface area contributed by atoms with Crippen molar-refractivity contribution in [1.29, 1.82) is 0 Å². The number of carbonyl (C=O) groups is 1. The molecular formula is C20H23N5O3S. The molecule has 152 valence electrons. The van der Waals surface area contributed by atoms with E-state index in [0.717, 1.165) is 11.3 Å². The molecule has 0 unspecified atom stereocenters. The fraction of sp³-hybridized carbons (Fsp3) is 0.250. The Kier molecular flexibility index (Phi) is 6.40. The summed E-state index contributed by atoms with van der Waals surface area (Å²) in [5, 5.41) is 6.94. The van der Waals surface area contributed by atoms with Gasteiger partial charge in [0.2, 0.25) is 15.9 Å². The molecule has 0 aliphatic heterocycles. The van der Waals surface area contributed by atoms with E-state index < -0.39 is 10.0 Å². The molecule has 1 amide bonds. The number of nitrogens with one attached hydrogen (secondary N) is 2. The monoisotopic (exact) mass is 413 g/mol. The van der Waals surface area contributed by atoms with Gasteiger partial charge in [-0.05, 0) is 37.6 Å². The van der Waals surface area contributed by atoms with Crippen LogP contribution in [0.5, 0.6) is 0 Å². The van der Waals surface area contributed by atoms with Gasteiger partial charge in [-0.25, -0.2) is 13.1 Å². The second-order valence-corrected chi connectivity index (χ2v) is 8.42. The van der Waals surface area contributed by atoms with Gasteiger partial charge in [0.05, 0.1) is 17.1 Å². The number of carbonyl (C=O) groups excluding carboxylic acids is 1. The molecule has 0 aliphatic carbocycles. The van der Waals surface area contributed by atoms with Crippen LogP contribution in [0.3, 0.4) is 0 Å². The highest BCUT2D eigenvalue weighted by atomic mass is 32.2. The number of amides is 1. The van der Waals surface area contributed by atoms with Crippen LogP contribution in [0.25, 0.3) is 0 Å². The molecule has 3 aromatic rings. The van der Waals surface area contributed by atoms with E-state index in [0.29, 0.717) is 17.9 Å². The summed E-state index contributed by atoms with van der Waals surface area (Å²) in [6.45, 7) is 4.14. The van der Waals surface area contributed by atoms with Gasteiger partial charge in [0.1, 0.15) is 0 Å². The number of hydrogen-bond donors (Lipinski definition) is 2. The summed E-state index contributed by atoms with van der Waals surface area (Å²) in [5.41, 5.74) is 2.51. The first-order valence-electron chi connectivity index (χ1n) is 9.13. The summed E-state index contributed by atoms with van der Waals surface area (Å²) >= 11 is 0. The van der Waals surface area contributed by atoms with Gasteiger partial charge in [-0.3, -0.25) is 14.5 Å². The van der Waals surface area contributed by atoms with Crippen molar-refractivity contribution in [1.82, 2.24) is 19.5 Å². The van der Waals surface area contributed by atoms with Gasteiger partial charge < -0.3 is 5.32 Å². The maximum Gasteiger partial charge on any atom is 0.240 e. The van der Waals surface area contributed by atoms with Crippen molar-refractivity contribution in [2.24, 2.45) is 0 Å². The van der Waals surface area contributed by atoms with Gasteiger partial charge in [0.15, 0.2) is 5.82 Å². The lowest BCUT2D eigenvalue weighted by Gasteiger charge is -2.10. The second kappa shape index (κ2) is 8.97. The van der Waals surface area contributed by atoms with Crippen LogP contribution in [0.15, 0.2) is 59.8 Å². The number of anilines is 1. The van der Waals surface area contributed by atoms with E-state index in [2.05, 4.69) is 20.1 Å². The standard InChI is InChI=1S/C20H23N5O3S/c1-15-6-7-18(16(2)13-15)29(27,28)22-11-8-20(26)23-19-9-12-25(24-19)14-17-5-3-4-10-21-17/h3-7,9-10,12-13,22H,8,11,14H2,1-2H3,(H,23,24,26). The Morgan fingerprint density at radius 2 is 1.97 bits per heavy atom. The maximum absolute atomic E-state index is 12.4. The van der Waals surface area contributed by atoms with E-state index in [4.69, 9.17) is 0 Å². The number of sulfonamides is 1. The average Bonchev–Trinajstić information content (AvgIpc) is 3.08. The molecule has 9 heteroatoms. The molecule has 0 spiro atoms. The Morgan fingerprint density at radius 1 is 1.14 bits per heavy atom. The van der Waals surface area contributed by atoms with Crippen molar-refractivity contribution in [2.45, 2.75) is 31.7 Å². The molecule has 0 fully saturated rings. The Morgan fingerprint density at radius 3 is 2.69 bits per heavy atom. The second-order valence-electron chi connectivity index (χ2n) is 6.68. The predicted octanol–water partition coefficient (Wildman–Crippen LogP) is 2.25. The molecule has 0 radical (unpaired) electrons. The number of nitrogens with zero attached hydrogens (tertiary/aromatic N) is 3. The molecule has 2 aromatic heterocycles. The first-order valence-corrected chi connectivity index (χ1v) is 10.6. The smallest absolute Gasteiger partial charge is 0.240 e. The zero-order valence-electron chi connectivity index (χ0n) is 16.3. The molecule has 0 bridgehead atoms. The molecular weight excluding hydrogens is 390 g/mol. The van der Waals surface area contributed by atoms with Crippen LogP contribution >= 0.6 is 0 Å². The number of rotatable bonds is 8.